The fourth-order valence-electron chi connectivity index (χ4n) is 4.97. The van der Waals surface area contributed by atoms with Crippen LogP contribution in [0.3, 0.4) is 0 Å². The highest BCUT2D eigenvalue weighted by Gasteiger charge is 2.21. The second-order valence-corrected chi connectivity index (χ2v) is 8.87. The van der Waals surface area contributed by atoms with Crippen LogP contribution < -0.4 is 10.6 Å². The Balaban J connectivity index is 1.33. The highest BCUT2D eigenvalue weighted by Crippen LogP contribution is 2.31. The summed E-state index contributed by atoms with van der Waals surface area (Å²) in [7, 11) is 2.23. The lowest BCUT2D eigenvalue weighted by Crippen LogP contribution is -2.33. The Hall–Kier alpha value is -2.34. The SMILES string of the molecule is CN(Cc1ccccc1NCC(=O)Nc1ccnn1C1CCCC1)C1CCCCC1. The molecule has 2 aromatic rings. The van der Waals surface area contributed by atoms with Crippen molar-refractivity contribution in [1.29, 1.82) is 0 Å². The van der Waals surface area contributed by atoms with E-state index in [-0.39, 0.29) is 12.5 Å². The molecule has 6 nitrogen and oxygen atoms in total. The van der Waals surface area contributed by atoms with Crippen LogP contribution in [0.5, 0.6) is 0 Å². The maximum Gasteiger partial charge on any atom is 0.244 e. The summed E-state index contributed by atoms with van der Waals surface area (Å²) >= 11 is 0. The van der Waals surface area contributed by atoms with Gasteiger partial charge in [-0.2, -0.15) is 5.10 Å². The van der Waals surface area contributed by atoms with Crippen LogP contribution in [0, 0.1) is 0 Å². The number of aromatic nitrogens is 2. The Morgan fingerprint density at radius 2 is 1.80 bits per heavy atom. The summed E-state index contributed by atoms with van der Waals surface area (Å²) in [6.07, 6.45) is 13.2. The van der Waals surface area contributed by atoms with Gasteiger partial charge in [0.2, 0.25) is 5.91 Å². The molecule has 1 aromatic heterocycles. The van der Waals surface area contributed by atoms with Gasteiger partial charge in [-0.3, -0.25) is 9.69 Å². The Bertz CT molecular complexity index is 821. The van der Waals surface area contributed by atoms with Crippen molar-refractivity contribution in [1.82, 2.24) is 14.7 Å². The number of carbonyl (C=O) groups is 1. The molecule has 0 spiro atoms. The molecule has 1 amide bonds. The molecule has 1 heterocycles. The number of anilines is 2. The highest BCUT2D eigenvalue weighted by atomic mass is 16.2. The normalized spacial score (nSPS) is 18.1. The molecule has 2 N–H and O–H groups in total. The zero-order chi connectivity index (χ0) is 20.8. The lowest BCUT2D eigenvalue weighted by Gasteiger charge is -2.31. The Labute approximate surface area is 180 Å². The number of hydrogen-bond acceptors (Lipinski definition) is 4. The maximum absolute atomic E-state index is 12.6. The number of rotatable bonds is 8. The Kier molecular flexibility index (Phi) is 7.05. The van der Waals surface area contributed by atoms with Crippen molar-refractivity contribution >= 4 is 17.4 Å². The summed E-state index contributed by atoms with van der Waals surface area (Å²) in [6.45, 7) is 1.16. The minimum atomic E-state index is -0.0369. The molecule has 2 saturated carbocycles. The molecule has 6 heteroatoms. The molecule has 30 heavy (non-hydrogen) atoms. The summed E-state index contributed by atoms with van der Waals surface area (Å²) < 4.78 is 1.98. The van der Waals surface area contributed by atoms with Crippen LogP contribution in [0.1, 0.15) is 69.4 Å². The van der Waals surface area contributed by atoms with Crippen molar-refractivity contribution in [2.75, 3.05) is 24.2 Å². The molecule has 2 aliphatic rings. The topological polar surface area (TPSA) is 62.2 Å². The quantitative estimate of drug-likeness (QED) is 0.657. The molecule has 0 saturated heterocycles. The molecule has 0 atom stereocenters. The van der Waals surface area contributed by atoms with Gasteiger partial charge >= 0.3 is 0 Å². The van der Waals surface area contributed by atoms with Gasteiger partial charge in [-0.1, -0.05) is 50.3 Å². The van der Waals surface area contributed by atoms with E-state index in [0.717, 1.165) is 30.9 Å². The third kappa shape index (κ3) is 5.22. The van der Waals surface area contributed by atoms with Gasteiger partial charge in [-0.05, 0) is 44.4 Å². The van der Waals surface area contributed by atoms with Crippen LogP contribution in [-0.4, -0.2) is 40.2 Å². The monoisotopic (exact) mass is 409 g/mol. The molecular weight excluding hydrogens is 374 g/mol. The van der Waals surface area contributed by atoms with E-state index in [4.69, 9.17) is 0 Å². The van der Waals surface area contributed by atoms with E-state index in [1.165, 1.54) is 50.5 Å². The smallest absolute Gasteiger partial charge is 0.244 e. The Morgan fingerprint density at radius 1 is 1.07 bits per heavy atom. The summed E-state index contributed by atoms with van der Waals surface area (Å²) in [5.74, 6) is 0.768. The predicted molar refractivity (Wildman–Crippen MR) is 122 cm³/mol. The van der Waals surface area contributed by atoms with Gasteiger partial charge < -0.3 is 10.6 Å². The van der Waals surface area contributed by atoms with E-state index < -0.39 is 0 Å². The van der Waals surface area contributed by atoms with Crippen molar-refractivity contribution in [2.45, 2.75) is 76.4 Å². The summed E-state index contributed by atoms with van der Waals surface area (Å²) in [5.41, 5.74) is 2.29. The molecule has 1 aromatic carbocycles. The van der Waals surface area contributed by atoms with Gasteiger partial charge in [0, 0.05) is 24.3 Å². The lowest BCUT2D eigenvalue weighted by atomic mass is 9.94. The van der Waals surface area contributed by atoms with Crippen molar-refractivity contribution < 1.29 is 4.79 Å². The molecular formula is C24H35N5O. The minimum absolute atomic E-state index is 0.0369. The summed E-state index contributed by atoms with van der Waals surface area (Å²) in [6, 6.07) is 11.3. The van der Waals surface area contributed by atoms with E-state index in [9.17, 15) is 4.79 Å². The second kappa shape index (κ2) is 10.1. The zero-order valence-electron chi connectivity index (χ0n) is 18.1. The average molecular weight is 410 g/mol. The molecule has 0 unspecified atom stereocenters. The average Bonchev–Trinajstić information content (AvgIpc) is 3.45. The van der Waals surface area contributed by atoms with Gasteiger partial charge in [0.05, 0.1) is 18.8 Å². The fraction of sp³-hybridized carbons (Fsp3) is 0.583. The maximum atomic E-state index is 12.6. The molecule has 2 fully saturated rings. The van der Waals surface area contributed by atoms with E-state index in [2.05, 4.69) is 45.9 Å². The molecule has 0 radical (unpaired) electrons. The van der Waals surface area contributed by atoms with E-state index in [1.807, 2.05) is 16.8 Å². The van der Waals surface area contributed by atoms with Gasteiger partial charge in [-0.25, -0.2) is 4.68 Å². The minimum Gasteiger partial charge on any atom is -0.376 e. The fourth-order valence-corrected chi connectivity index (χ4v) is 4.97. The van der Waals surface area contributed by atoms with Crippen molar-refractivity contribution in [3.63, 3.8) is 0 Å². The number of amides is 1. The van der Waals surface area contributed by atoms with Crippen LogP contribution in [-0.2, 0) is 11.3 Å². The first kappa shape index (κ1) is 20.9. The first-order valence-electron chi connectivity index (χ1n) is 11.6. The predicted octanol–water partition coefficient (Wildman–Crippen LogP) is 4.81. The third-order valence-corrected chi connectivity index (χ3v) is 6.68. The zero-order valence-corrected chi connectivity index (χ0v) is 18.1. The standard InChI is InChI=1S/C24H35N5O/c1-28(20-10-3-2-4-11-20)18-19-9-5-8-14-22(19)25-17-24(30)27-23-15-16-26-29(23)21-12-6-7-13-21/h5,8-9,14-16,20-21,25H,2-4,6-7,10-13,17-18H2,1H3,(H,27,30). The number of hydrogen-bond donors (Lipinski definition) is 2. The summed E-state index contributed by atoms with van der Waals surface area (Å²) in [5, 5.41) is 10.8. The van der Waals surface area contributed by atoms with Crippen molar-refractivity contribution in [3.05, 3.63) is 42.1 Å². The third-order valence-electron chi connectivity index (χ3n) is 6.68. The highest BCUT2D eigenvalue weighted by molar-refractivity contribution is 5.93. The van der Waals surface area contributed by atoms with Gasteiger partial charge in [-0.15, -0.1) is 0 Å². The van der Waals surface area contributed by atoms with Gasteiger partial charge in [0.25, 0.3) is 0 Å². The molecule has 2 aliphatic carbocycles. The number of benzene rings is 1. The second-order valence-electron chi connectivity index (χ2n) is 8.87. The van der Waals surface area contributed by atoms with Crippen LogP contribution >= 0.6 is 0 Å². The molecule has 0 aliphatic heterocycles. The molecule has 162 valence electrons. The summed E-state index contributed by atoms with van der Waals surface area (Å²) in [4.78, 5) is 15.1. The number of carbonyl (C=O) groups excluding carboxylic acids is 1. The lowest BCUT2D eigenvalue weighted by molar-refractivity contribution is -0.114. The van der Waals surface area contributed by atoms with Gasteiger partial charge in [0.15, 0.2) is 0 Å². The van der Waals surface area contributed by atoms with Gasteiger partial charge in [0.1, 0.15) is 5.82 Å². The first-order chi connectivity index (χ1) is 14.7. The number of nitrogens with zero attached hydrogens (tertiary/aromatic N) is 3. The number of para-hydroxylation sites is 1. The largest absolute Gasteiger partial charge is 0.376 e. The van der Waals surface area contributed by atoms with Crippen LogP contribution in [0.15, 0.2) is 36.5 Å². The van der Waals surface area contributed by atoms with E-state index in [0.29, 0.717) is 12.1 Å². The Morgan fingerprint density at radius 3 is 2.60 bits per heavy atom. The van der Waals surface area contributed by atoms with E-state index >= 15 is 0 Å². The molecule has 0 bridgehead atoms. The molecule has 4 rings (SSSR count). The van der Waals surface area contributed by atoms with Crippen LogP contribution in [0.2, 0.25) is 0 Å². The number of nitrogens with one attached hydrogen (secondary N) is 2. The van der Waals surface area contributed by atoms with Crippen molar-refractivity contribution in [2.24, 2.45) is 0 Å². The van der Waals surface area contributed by atoms with E-state index in [1.54, 1.807) is 6.20 Å². The van der Waals surface area contributed by atoms with Crippen molar-refractivity contribution in [3.8, 4) is 0 Å². The van der Waals surface area contributed by atoms with Crippen LogP contribution in [0.4, 0.5) is 11.5 Å². The van der Waals surface area contributed by atoms with Crippen LogP contribution in [0.25, 0.3) is 0 Å². The first-order valence-corrected chi connectivity index (χ1v) is 11.6.